The maximum atomic E-state index is 11.4. The van der Waals surface area contributed by atoms with E-state index in [1.165, 1.54) is 6.42 Å². The van der Waals surface area contributed by atoms with E-state index in [2.05, 4.69) is 33.8 Å². The summed E-state index contributed by atoms with van der Waals surface area (Å²) >= 11 is 0. The Morgan fingerprint density at radius 2 is 1.86 bits per heavy atom. The first kappa shape index (κ1) is 18.2. The van der Waals surface area contributed by atoms with Crippen LogP contribution in [0.25, 0.3) is 0 Å². The molecule has 1 rings (SSSR count). The highest BCUT2D eigenvalue weighted by Gasteiger charge is 2.23. The fraction of sp³-hybridized carbons (Fsp3) is 0.929. The summed E-state index contributed by atoms with van der Waals surface area (Å²) < 4.78 is 25.3. The summed E-state index contributed by atoms with van der Waals surface area (Å²) in [5.41, 5.74) is 0. The van der Waals surface area contributed by atoms with Crippen LogP contribution in [-0.2, 0) is 10.0 Å². The third-order valence-electron chi connectivity index (χ3n) is 3.58. The molecule has 0 spiro atoms. The molecular weight excluding hydrogens is 288 g/mol. The van der Waals surface area contributed by atoms with E-state index in [4.69, 9.17) is 0 Å². The smallest absolute Gasteiger partial charge is 0.211 e. The lowest BCUT2D eigenvalue weighted by Gasteiger charge is -2.37. The molecule has 1 saturated heterocycles. The van der Waals surface area contributed by atoms with Crippen LogP contribution in [0.4, 0.5) is 0 Å². The quantitative estimate of drug-likeness (QED) is 0.433. The Hall–Kier alpha value is -0.820. The molecule has 124 valence electrons. The Bertz CT molecular complexity index is 426. The number of nitrogens with zero attached hydrogens (tertiary/aromatic N) is 2. The molecule has 6 nitrogen and oxygen atoms in total. The van der Waals surface area contributed by atoms with Gasteiger partial charge in [-0.05, 0) is 32.1 Å². The van der Waals surface area contributed by atoms with Gasteiger partial charge in [-0.2, -0.15) is 0 Å². The normalized spacial score (nSPS) is 24.2. The van der Waals surface area contributed by atoms with Gasteiger partial charge < -0.3 is 10.2 Å². The van der Waals surface area contributed by atoms with Crippen LogP contribution in [0.5, 0.6) is 0 Å². The molecular formula is C14H30N4O2S. The molecule has 0 saturated carbocycles. The number of rotatable bonds is 6. The van der Waals surface area contributed by atoms with Gasteiger partial charge in [0.1, 0.15) is 0 Å². The van der Waals surface area contributed by atoms with E-state index in [1.807, 2.05) is 6.92 Å². The molecule has 2 unspecified atom stereocenters. The van der Waals surface area contributed by atoms with Crippen LogP contribution in [0, 0.1) is 11.8 Å². The number of sulfonamides is 1. The highest BCUT2D eigenvalue weighted by atomic mass is 32.2. The number of nitrogens with one attached hydrogen (secondary N) is 2. The standard InChI is InChI=1S/C14H30N4O2S/c1-5-15-14(16-7-8-17-21(19,20)6-2)18-10-12(3)9-13(4)11-18/h12-13,17H,5-11H2,1-4H3,(H,15,16). The molecule has 0 amide bonds. The molecule has 1 fully saturated rings. The minimum Gasteiger partial charge on any atom is -0.357 e. The van der Waals surface area contributed by atoms with Crippen molar-refractivity contribution in [2.75, 3.05) is 38.5 Å². The summed E-state index contributed by atoms with van der Waals surface area (Å²) in [5.74, 6) is 2.33. The van der Waals surface area contributed by atoms with Crippen LogP contribution < -0.4 is 10.0 Å². The maximum absolute atomic E-state index is 11.4. The summed E-state index contributed by atoms with van der Waals surface area (Å²) in [6.07, 6.45) is 1.26. The summed E-state index contributed by atoms with van der Waals surface area (Å²) in [5, 5.41) is 3.30. The SMILES string of the molecule is CCNC(=NCCNS(=O)(=O)CC)N1CC(C)CC(C)C1. The van der Waals surface area contributed by atoms with Gasteiger partial charge in [-0.25, -0.2) is 13.1 Å². The molecule has 1 aliphatic rings. The van der Waals surface area contributed by atoms with E-state index in [9.17, 15) is 8.42 Å². The van der Waals surface area contributed by atoms with Crippen LogP contribution in [0.3, 0.4) is 0 Å². The number of hydrogen-bond acceptors (Lipinski definition) is 3. The van der Waals surface area contributed by atoms with Crippen molar-refractivity contribution in [2.45, 2.75) is 34.1 Å². The van der Waals surface area contributed by atoms with E-state index >= 15 is 0 Å². The van der Waals surface area contributed by atoms with E-state index in [0.29, 0.717) is 24.9 Å². The first-order valence-corrected chi connectivity index (χ1v) is 9.53. The third-order valence-corrected chi connectivity index (χ3v) is 4.98. The van der Waals surface area contributed by atoms with Gasteiger partial charge in [0, 0.05) is 26.2 Å². The number of likely N-dealkylation sites (tertiary alicyclic amines) is 1. The van der Waals surface area contributed by atoms with Crippen molar-refractivity contribution in [3.8, 4) is 0 Å². The molecule has 0 aliphatic carbocycles. The molecule has 2 atom stereocenters. The maximum Gasteiger partial charge on any atom is 0.211 e. The minimum absolute atomic E-state index is 0.109. The Morgan fingerprint density at radius 3 is 2.38 bits per heavy atom. The van der Waals surface area contributed by atoms with E-state index in [0.717, 1.165) is 25.6 Å². The zero-order valence-corrected chi connectivity index (χ0v) is 14.5. The predicted octanol–water partition coefficient (Wildman–Crippen LogP) is 0.869. The zero-order chi connectivity index (χ0) is 15.9. The van der Waals surface area contributed by atoms with Gasteiger partial charge in [-0.3, -0.25) is 4.99 Å². The molecule has 0 bridgehead atoms. The number of hydrogen-bond donors (Lipinski definition) is 2. The second-order valence-corrected chi connectivity index (χ2v) is 7.98. The van der Waals surface area contributed by atoms with Gasteiger partial charge in [0.25, 0.3) is 0 Å². The summed E-state index contributed by atoms with van der Waals surface area (Å²) in [4.78, 5) is 6.84. The second-order valence-electron chi connectivity index (χ2n) is 5.88. The van der Waals surface area contributed by atoms with Crippen molar-refractivity contribution in [3.63, 3.8) is 0 Å². The van der Waals surface area contributed by atoms with Crippen molar-refractivity contribution in [1.82, 2.24) is 14.9 Å². The van der Waals surface area contributed by atoms with Crippen LogP contribution in [0.1, 0.15) is 34.1 Å². The van der Waals surface area contributed by atoms with Gasteiger partial charge in [-0.15, -0.1) is 0 Å². The molecule has 21 heavy (non-hydrogen) atoms. The van der Waals surface area contributed by atoms with E-state index < -0.39 is 10.0 Å². The van der Waals surface area contributed by atoms with Crippen LogP contribution in [0.15, 0.2) is 4.99 Å². The highest BCUT2D eigenvalue weighted by Crippen LogP contribution is 2.20. The minimum atomic E-state index is -3.13. The fourth-order valence-electron chi connectivity index (χ4n) is 2.73. The average molecular weight is 318 g/mol. The number of aliphatic imine (C=N–C) groups is 1. The Morgan fingerprint density at radius 1 is 1.24 bits per heavy atom. The molecule has 1 heterocycles. The van der Waals surface area contributed by atoms with E-state index in [1.54, 1.807) is 6.92 Å². The van der Waals surface area contributed by atoms with Gasteiger partial charge in [0.15, 0.2) is 5.96 Å². The highest BCUT2D eigenvalue weighted by molar-refractivity contribution is 7.89. The van der Waals surface area contributed by atoms with Crippen LogP contribution in [-0.4, -0.2) is 57.8 Å². The fourth-order valence-corrected chi connectivity index (χ4v) is 3.33. The van der Waals surface area contributed by atoms with Crippen molar-refractivity contribution < 1.29 is 8.42 Å². The van der Waals surface area contributed by atoms with Crippen molar-refractivity contribution >= 4 is 16.0 Å². The van der Waals surface area contributed by atoms with Crippen LogP contribution in [0.2, 0.25) is 0 Å². The first-order chi connectivity index (χ1) is 9.88. The van der Waals surface area contributed by atoms with Crippen molar-refractivity contribution in [3.05, 3.63) is 0 Å². The summed E-state index contributed by atoms with van der Waals surface area (Å²) in [6.45, 7) is 11.9. The Kier molecular flexibility index (Phi) is 7.45. The second kappa shape index (κ2) is 8.58. The van der Waals surface area contributed by atoms with Gasteiger partial charge in [0.2, 0.25) is 10.0 Å². The van der Waals surface area contributed by atoms with Crippen LogP contribution >= 0.6 is 0 Å². The van der Waals surface area contributed by atoms with Crippen molar-refractivity contribution in [1.29, 1.82) is 0 Å². The molecule has 0 aromatic carbocycles. The largest absolute Gasteiger partial charge is 0.357 e. The van der Waals surface area contributed by atoms with E-state index in [-0.39, 0.29) is 5.75 Å². The lowest BCUT2D eigenvalue weighted by Crippen LogP contribution is -2.48. The van der Waals surface area contributed by atoms with Gasteiger partial charge >= 0.3 is 0 Å². The lowest BCUT2D eigenvalue weighted by atomic mass is 9.92. The molecule has 0 aromatic heterocycles. The number of guanidine groups is 1. The average Bonchev–Trinajstić information content (AvgIpc) is 2.41. The Labute approximate surface area is 129 Å². The lowest BCUT2D eigenvalue weighted by molar-refractivity contribution is 0.208. The monoisotopic (exact) mass is 318 g/mol. The van der Waals surface area contributed by atoms with Crippen molar-refractivity contribution in [2.24, 2.45) is 16.8 Å². The number of piperidine rings is 1. The predicted molar refractivity (Wildman–Crippen MR) is 88.0 cm³/mol. The van der Waals surface area contributed by atoms with Gasteiger partial charge in [0.05, 0.1) is 12.3 Å². The molecule has 2 N–H and O–H groups in total. The first-order valence-electron chi connectivity index (χ1n) is 7.88. The zero-order valence-electron chi connectivity index (χ0n) is 13.7. The third kappa shape index (κ3) is 6.65. The molecule has 7 heteroatoms. The summed E-state index contributed by atoms with van der Waals surface area (Å²) in [6, 6.07) is 0. The summed E-state index contributed by atoms with van der Waals surface area (Å²) in [7, 11) is -3.13. The molecule has 0 aromatic rings. The molecule has 0 radical (unpaired) electrons. The topological polar surface area (TPSA) is 73.8 Å². The Balaban J connectivity index is 2.57. The van der Waals surface area contributed by atoms with Gasteiger partial charge in [-0.1, -0.05) is 13.8 Å². The molecule has 1 aliphatic heterocycles.